The van der Waals surface area contributed by atoms with Crippen molar-refractivity contribution in [2.75, 3.05) is 0 Å². The quantitative estimate of drug-likeness (QED) is 0.178. The number of nitrogens with zero attached hydrogens (tertiary/aromatic N) is 2. The average molecular weight is 717 g/mol. The first kappa shape index (κ1) is 32.3. The molecule has 0 saturated carbocycles. The molecule has 3 heteroatoms. The second-order valence-electron chi connectivity index (χ2n) is 15.3. The predicted molar refractivity (Wildman–Crippen MR) is 232 cm³/mol. The third-order valence-electron chi connectivity index (χ3n) is 11.8. The molecule has 0 spiro atoms. The lowest BCUT2D eigenvalue weighted by molar-refractivity contribution is 0.660. The highest BCUT2D eigenvalue weighted by molar-refractivity contribution is 6.10. The van der Waals surface area contributed by atoms with E-state index in [4.69, 9.17) is 14.4 Å². The number of fused-ring (bicyclic) bond motifs is 7. The van der Waals surface area contributed by atoms with Crippen molar-refractivity contribution < 1.29 is 4.42 Å². The predicted octanol–water partition coefficient (Wildman–Crippen LogP) is 14.2. The molecule has 2 aromatic heterocycles. The fourth-order valence-electron chi connectivity index (χ4n) is 8.90. The molecule has 0 aliphatic heterocycles. The van der Waals surface area contributed by atoms with Crippen molar-refractivity contribution in [3.8, 4) is 67.3 Å². The Labute approximate surface area is 325 Å². The molecule has 0 amide bonds. The Morgan fingerprint density at radius 1 is 0.375 bits per heavy atom. The van der Waals surface area contributed by atoms with Gasteiger partial charge in [0.1, 0.15) is 11.2 Å². The summed E-state index contributed by atoms with van der Waals surface area (Å²) in [6.07, 6.45) is 0. The summed E-state index contributed by atoms with van der Waals surface area (Å²) < 4.78 is 6.48. The molecule has 8 aromatic carbocycles. The van der Waals surface area contributed by atoms with E-state index in [2.05, 4.69) is 166 Å². The minimum absolute atomic E-state index is 0.000571. The van der Waals surface area contributed by atoms with Crippen LogP contribution >= 0.6 is 0 Å². The van der Waals surface area contributed by atoms with Gasteiger partial charge in [-0.15, -0.1) is 0 Å². The van der Waals surface area contributed by atoms with Gasteiger partial charge in [-0.1, -0.05) is 172 Å². The highest BCUT2D eigenvalue weighted by Crippen LogP contribution is 2.49. The van der Waals surface area contributed by atoms with Crippen LogP contribution < -0.4 is 0 Å². The van der Waals surface area contributed by atoms with Crippen molar-refractivity contribution in [1.29, 1.82) is 0 Å². The lowest BCUT2D eigenvalue weighted by atomic mass is 9.82. The Balaban J connectivity index is 1.02. The highest BCUT2D eigenvalue weighted by atomic mass is 16.3. The van der Waals surface area contributed by atoms with Crippen LogP contribution in [0.4, 0.5) is 0 Å². The third kappa shape index (κ3) is 5.05. The minimum atomic E-state index is 0.000571. The van der Waals surface area contributed by atoms with E-state index in [1.54, 1.807) is 0 Å². The van der Waals surface area contributed by atoms with E-state index in [0.29, 0.717) is 5.82 Å². The molecule has 0 fully saturated rings. The molecule has 0 radical (unpaired) electrons. The largest absolute Gasteiger partial charge is 0.455 e. The summed E-state index contributed by atoms with van der Waals surface area (Å²) >= 11 is 0. The first-order valence-corrected chi connectivity index (χ1v) is 19.2. The maximum absolute atomic E-state index is 6.48. The van der Waals surface area contributed by atoms with Crippen LogP contribution in [0.1, 0.15) is 25.0 Å². The molecule has 10 aromatic rings. The second-order valence-corrected chi connectivity index (χ2v) is 15.3. The van der Waals surface area contributed by atoms with Gasteiger partial charge in [-0.05, 0) is 79.5 Å². The molecule has 264 valence electrons. The average Bonchev–Trinajstić information content (AvgIpc) is 3.75. The van der Waals surface area contributed by atoms with E-state index < -0.39 is 0 Å². The van der Waals surface area contributed by atoms with Crippen LogP contribution in [-0.2, 0) is 5.41 Å². The maximum Gasteiger partial charge on any atom is 0.160 e. The number of aromatic nitrogens is 2. The fraction of sp³-hybridized carbons (Fsp3) is 0.0566. The van der Waals surface area contributed by atoms with Crippen LogP contribution in [0.2, 0.25) is 0 Å². The molecule has 0 atom stereocenters. The van der Waals surface area contributed by atoms with E-state index in [1.807, 2.05) is 30.3 Å². The van der Waals surface area contributed by atoms with Crippen LogP contribution in [0.3, 0.4) is 0 Å². The normalized spacial score (nSPS) is 13.0. The van der Waals surface area contributed by atoms with Crippen molar-refractivity contribution in [3.05, 3.63) is 193 Å². The molecular formula is C53H36N2O. The van der Waals surface area contributed by atoms with Crippen LogP contribution in [-0.4, -0.2) is 9.97 Å². The minimum Gasteiger partial charge on any atom is -0.455 e. The molecular weight excluding hydrogens is 681 g/mol. The third-order valence-corrected chi connectivity index (χ3v) is 11.8. The lowest BCUT2D eigenvalue weighted by Crippen LogP contribution is -2.14. The second kappa shape index (κ2) is 12.5. The molecule has 11 rings (SSSR count). The van der Waals surface area contributed by atoms with Crippen LogP contribution in [0, 0.1) is 0 Å². The molecule has 0 unspecified atom stereocenters. The Morgan fingerprint density at radius 3 is 1.79 bits per heavy atom. The summed E-state index contributed by atoms with van der Waals surface area (Å²) in [5.41, 5.74) is 16.6. The van der Waals surface area contributed by atoms with Crippen molar-refractivity contribution in [1.82, 2.24) is 9.97 Å². The van der Waals surface area contributed by atoms with Crippen LogP contribution in [0.15, 0.2) is 186 Å². The van der Waals surface area contributed by atoms with Gasteiger partial charge in [-0.25, -0.2) is 9.97 Å². The number of furan rings is 1. The van der Waals surface area contributed by atoms with Gasteiger partial charge in [-0.2, -0.15) is 0 Å². The summed E-state index contributed by atoms with van der Waals surface area (Å²) in [5.74, 6) is 0.675. The van der Waals surface area contributed by atoms with Crippen molar-refractivity contribution in [3.63, 3.8) is 0 Å². The topological polar surface area (TPSA) is 38.9 Å². The molecule has 0 saturated heterocycles. The van der Waals surface area contributed by atoms with E-state index in [1.165, 1.54) is 49.9 Å². The summed E-state index contributed by atoms with van der Waals surface area (Å²) in [6, 6.07) is 64.8. The zero-order valence-electron chi connectivity index (χ0n) is 31.1. The van der Waals surface area contributed by atoms with Crippen molar-refractivity contribution >= 4 is 32.7 Å². The molecule has 0 bridgehead atoms. The van der Waals surface area contributed by atoms with Gasteiger partial charge < -0.3 is 4.42 Å². The van der Waals surface area contributed by atoms with Gasteiger partial charge in [0.05, 0.1) is 11.4 Å². The summed E-state index contributed by atoms with van der Waals surface area (Å²) in [5, 5.41) is 4.49. The summed E-state index contributed by atoms with van der Waals surface area (Å²) in [7, 11) is 0. The smallest absolute Gasteiger partial charge is 0.160 e. The molecule has 0 N–H and O–H groups in total. The zero-order valence-corrected chi connectivity index (χ0v) is 31.1. The van der Waals surface area contributed by atoms with Gasteiger partial charge in [0.2, 0.25) is 0 Å². The number of para-hydroxylation sites is 2. The lowest BCUT2D eigenvalue weighted by Gasteiger charge is -2.21. The summed E-state index contributed by atoms with van der Waals surface area (Å²) in [6.45, 7) is 4.66. The monoisotopic (exact) mass is 716 g/mol. The Bertz CT molecular complexity index is 3150. The van der Waals surface area contributed by atoms with E-state index in [-0.39, 0.29) is 5.41 Å². The van der Waals surface area contributed by atoms with Crippen molar-refractivity contribution in [2.45, 2.75) is 19.3 Å². The number of hydrogen-bond acceptors (Lipinski definition) is 3. The van der Waals surface area contributed by atoms with E-state index in [9.17, 15) is 0 Å². The highest BCUT2D eigenvalue weighted by Gasteiger charge is 2.35. The van der Waals surface area contributed by atoms with E-state index in [0.717, 1.165) is 55.4 Å². The van der Waals surface area contributed by atoms with Gasteiger partial charge >= 0.3 is 0 Å². The van der Waals surface area contributed by atoms with Crippen LogP contribution in [0.25, 0.3) is 100.0 Å². The molecule has 2 heterocycles. The SMILES string of the molecule is CC1(C)c2ccccc2-c2cc(-c3ccc(-c4ccc(-c5cc(-c6cccc7c6oc6ccccc67)nc(-c6ccccc6)n5)c5ccccc45)cc3)ccc21. The first-order valence-electron chi connectivity index (χ1n) is 19.2. The van der Waals surface area contributed by atoms with Gasteiger partial charge in [0, 0.05) is 32.9 Å². The molecule has 3 nitrogen and oxygen atoms in total. The van der Waals surface area contributed by atoms with Crippen LogP contribution in [0.5, 0.6) is 0 Å². The standard InChI is InChI=1S/C53H36N2O/c1-53(2)46-21-10-8-17-40(46)45-31-36(27-30-47(45)53)33-23-25-34(26-24-33)37-28-29-41(39-16-7-6-15-38(37)39)48-32-49(55-52(54-48)35-13-4-3-5-14-35)44-20-12-19-43-42-18-9-11-22-50(42)56-51(43)44/h3-32H,1-2H3. The first-order chi connectivity index (χ1) is 27.5. The molecule has 1 aliphatic rings. The summed E-state index contributed by atoms with van der Waals surface area (Å²) in [4.78, 5) is 10.4. The Hall–Kier alpha value is -7.10. The van der Waals surface area contributed by atoms with Gasteiger partial charge in [0.15, 0.2) is 5.82 Å². The van der Waals surface area contributed by atoms with Crippen molar-refractivity contribution in [2.24, 2.45) is 0 Å². The fourth-order valence-corrected chi connectivity index (χ4v) is 8.90. The maximum atomic E-state index is 6.48. The number of rotatable bonds is 5. The zero-order chi connectivity index (χ0) is 37.4. The molecule has 56 heavy (non-hydrogen) atoms. The van der Waals surface area contributed by atoms with Gasteiger partial charge in [-0.3, -0.25) is 0 Å². The number of benzene rings is 8. The number of hydrogen-bond donors (Lipinski definition) is 0. The Morgan fingerprint density at radius 2 is 0.964 bits per heavy atom. The van der Waals surface area contributed by atoms with E-state index >= 15 is 0 Å². The molecule has 1 aliphatic carbocycles. The Kier molecular flexibility index (Phi) is 7.20. The van der Waals surface area contributed by atoms with Gasteiger partial charge in [0.25, 0.3) is 0 Å².